The zero-order valence-corrected chi connectivity index (χ0v) is 17.2. The van der Waals surface area contributed by atoms with Crippen LogP contribution in [0.25, 0.3) is 10.1 Å². The van der Waals surface area contributed by atoms with Crippen molar-refractivity contribution >= 4 is 37.4 Å². The van der Waals surface area contributed by atoms with Crippen molar-refractivity contribution in [3.8, 4) is 0 Å². The molecule has 1 aliphatic rings. The number of amides is 1. The summed E-state index contributed by atoms with van der Waals surface area (Å²) in [6.45, 7) is 2.37. The lowest BCUT2D eigenvalue weighted by atomic mass is 10.1. The normalized spacial score (nSPS) is 15.8. The Morgan fingerprint density at radius 3 is 2.38 bits per heavy atom. The van der Waals surface area contributed by atoms with Gasteiger partial charge >= 0.3 is 0 Å². The average Bonchev–Trinajstić information content (AvgIpc) is 3.05. The number of carbonyl (C=O) groups is 1. The number of rotatable bonds is 3. The van der Waals surface area contributed by atoms with Gasteiger partial charge in [-0.1, -0.05) is 12.1 Å². The van der Waals surface area contributed by atoms with E-state index in [1.165, 1.54) is 39.9 Å². The highest BCUT2D eigenvalue weighted by Crippen LogP contribution is 2.33. The van der Waals surface area contributed by atoms with Gasteiger partial charge in [0.15, 0.2) is 0 Å². The molecule has 9 heteroatoms. The molecular weight excluding hydrogens is 418 g/mol. The van der Waals surface area contributed by atoms with Crippen LogP contribution in [0.4, 0.5) is 8.78 Å². The Morgan fingerprint density at radius 2 is 1.72 bits per heavy atom. The van der Waals surface area contributed by atoms with Crippen LogP contribution in [0.15, 0.2) is 47.4 Å². The Balaban J connectivity index is 1.52. The van der Waals surface area contributed by atoms with E-state index in [1.54, 1.807) is 24.0 Å². The summed E-state index contributed by atoms with van der Waals surface area (Å²) >= 11 is 1.24. The van der Waals surface area contributed by atoms with E-state index in [2.05, 4.69) is 0 Å². The van der Waals surface area contributed by atoms with Gasteiger partial charge in [-0.2, -0.15) is 4.31 Å². The minimum absolute atomic E-state index is 0.104. The topological polar surface area (TPSA) is 57.7 Å². The molecule has 1 aromatic heterocycles. The molecule has 0 bridgehead atoms. The maximum absolute atomic E-state index is 14.1. The predicted molar refractivity (Wildman–Crippen MR) is 108 cm³/mol. The first kappa shape index (κ1) is 19.9. The second kappa shape index (κ2) is 7.47. The molecule has 3 aromatic rings. The molecule has 2 aromatic carbocycles. The Kier molecular flexibility index (Phi) is 5.14. The van der Waals surface area contributed by atoms with Gasteiger partial charge in [0.1, 0.15) is 11.6 Å². The summed E-state index contributed by atoms with van der Waals surface area (Å²) < 4.78 is 54.9. The number of nitrogens with zero attached hydrogens (tertiary/aromatic N) is 2. The van der Waals surface area contributed by atoms with Crippen molar-refractivity contribution in [3.05, 3.63) is 64.5 Å². The quantitative estimate of drug-likeness (QED) is 0.630. The molecular formula is C20H18F2N2O3S2. The minimum atomic E-state index is -3.82. The van der Waals surface area contributed by atoms with E-state index >= 15 is 0 Å². The Hall–Kier alpha value is -2.36. The molecule has 0 saturated carbocycles. The first-order valence-corrected chi connectivity index (χ1v) is 11.3. The number of halogens is 2. The maximum Gasteiger partial charge on any atom is 0.264 e. The van der Waals surface area contributed by atoms with Gasteiger partial charge in [-0.15, -0.1) is 11.3 Å². The molecule has 4 rings (SSSR count). The van der Waals surface area contributed by atoms with Gasteiger partial charge in [-0.3, -0.25) is 4.79 Å². The zero-order valence-electron chi connectivity index (χ0n) is 15.6. The first-order chi connectivity index (χ1) is 13.8. The summed E-state index contributed by atoms with van der Waals surface area (Å²) in [6, 6.07) is 9.63. The summed E-state index contributed by atoms with van der Waals surface area (Å²) in [4.78, 5) is 14.9. The third kappa shape index (κ3) is 3.54. The number of aryl methyl sites for hydroxylation is 1. The SMILES string of the molecule is Cc1c(C(=O)N2CCN(S(=O)(=O)c3cccc(F)c3)CC2)sc2cccc(F)c12. The van der Waals surface area contributed by atoms with Gasteiger partial charge in [-0.05, 0) is 42.8 Å². The minimum Gasteiger partial charge on any atom is -0.335 e. The third-order valence-corrected chi connectivity index (χ3v) is 8.20. The smallest absolute Gasteiger partial charge is 0.264 e. The van der Waals surface area contributed by atoms with Crippen molar-refractivity contribution in [3.63, 3.8) is 0 Å². The van der Waals surface area contributed by atoms with Crippen molar-refractivity contribution in [1.82, 2.24) is 9.21 Å². The molecule has 1 saturated heterocycles. The molecule has 1 fully saturated rings. The Labute approximate surface area is 171 Å². The maximum atomic E-state index is 14.1. The van der Waals surface area contributed by atoms with Crippen molar-refractivity contribution in [2.24, 2.45) is 0 Å². The van der Waals surface area contributed by atoms with Crippen LogP contribution in [0.3, 0.4) is 0 Å². The highest BCUT2D eigenvalue weighted by molar-refractivity contribution is 7.89. The van der Waals surface area contributed by atoms with Crippen molar-refractivity contribution in [1.29, 1.82) is 0 Å². The number of thiophene rings is 1. The number of piperazine rings is 1. The summed E-state index contributed by atoms with van der Waals surface area (Å²) in [7, 11) is -3.82. The number of hydrogen-bond donors (Lipinski definition) is 0. The zero-order chi connectivity index (χ0) is 20.8. The highest BCUT2D eigenvalue weighted by Gasteiger charge is 2.32. The molecule has 0 spiro atoms. The van der Waals surface area contributed by atoms with E-state index in [-0.39, 0.29) is 42.8 Å². The molecule has 0 atom stereocenters. The largest absolute Gasteiger partial charge is 0.335 e. The highest BCUT2D eigenvalue weighted by atomic mass is 32.2. The van der Waals surface area contributed by atoms with E-state index < -0.39 is 15.8 Å². The number of hydrogen-bond acceptors (Lipinski definition) is 4. The van der Waals surface area contributed by atoms with Crippen LogP contribution in [0.2, 0.25) is 0 Å². The van der Waals surface area contributed by atoms with Crippen LogP contribution in [0, 0.1) is 18.6 Å². The van der Waals surface area contributed by atoms with E-state index in [4.69, 9.17) is 0 Å². The van der Waals surface area contributed by atoms with Crippen LogP contribution in [-0.2, 0) is 10.0 Å². The monoisotopic (exact) mass is 436 g/mol. The molecule has 29 heavy (non-hydrogen) atoms. The molecule has 2 heterocycles. The van der Waals surface area contributed by atoms with Crippen LogP contribution in [-0.4, -0.2) is 49.7 Å². The number of carbonyl (C=O) groups excluding carboxylic acids is 1. The Bertz CT molecular complexity index is 1200. The molecule has 0 aliphatic carbocycles. The molecule has 0 radical (unpaired) electrons. The number of fused-ring (bicyclic) bond motifs is 1. The number of sulfonamides is 1. The summed E-state index contributed by atoms with van der Waals surface area (Å²) in [5, 5.41) is 0.452. The van der Waals surface area contributed by atoms with Gasteiger partial charge in [-0.25, -0.2) is 17.2 Å². The third-order valence-electron chi connectivity index (χ3n) is 5.06. The summed E-state index contributed by atoms with van der Waals surface area (Å²) in [6.07, 6.45) is 0. The van der Waals surface area contributed by atoms with Crippen LogP contribution >= 0.6 is 11.3 Å². The van der Waals surface area contributed by atoms with E-state index in [0.29, 0.717) is 20.5 Å². The van der Waals surface area contributed by atoms with Gasteiger partial charge in [0.2, 0.25) is 10.0 Å². The van der Waals surface area contributed by atoms with E-state index in [0.717, 1.165) is 6.07 Å². The standard InChI is InChI=1S/C20H18F2N2O3S2/c1-13-18-16(22)6-3-7-17(18)28-19(13)20(25)23-8-10-24(11-9-23)29(26,27)15-5-2-4-14(21)12-15/h2-7,12H,8-11H2,1H3. The lowest BCUT2D eigenvalue weighted by Crippen LogP contribution is -2.50. The fourth-order valence-electron chi connectivity index (χ4n) is 3.51. The van der Waals surface area contributed by atoms with Gasteiger partial charge < -0.3 is 4.90 Å². The summed E-state index contributed by atoms with van der Waals surface area (Å²) in [5.41, 5.74) is 0.600. The lowest BCUT2D eigenvalue weighted by molar-refractivity contribution is 0.0702. The Morgan fingerprint density at radius 1 is 1.03 bits per heavy atom. The van der Waals surface area contributed by atoms with Crippen molar-refractivity contribution in [2.75, 3.05) is 26.2 Å². The van der Waals surface area contributed by atoms with Crippen LogP contribution < -0.4 is 0 Å². The van der Waals surface area contributed by atoms with E-state index in [9.17, 15) is 22.0 Å². The van der Waals surface area contributed by atoms with Crippen LogP contribution in [0.1, 0.15) is 15.2 Å². The molecule has 0 N–H and O–H groups in total. The van der Waals surface area contributed by atoms with Gasteiger partial charge in [0, 0.05) is 36.3 Å². The fraction of sp³-hybridized carbons (Fsp3) is 0.250. The molecule has 5 nitrogen and oxygen atoms in total. The summed E-state index contributed by atoms with van der Waals surface area (Å²) in [5.74, 6) is -1.21. The fourth-order valence-corrected chi connectivity index (χ4v) is 6.15. The molecule has 0 unspecified atom stereocenters. The first-order valence-electron chi connectivity index (χ1n) is 9.01. The lowest BCUT2D eigenvalue weighted by Gasteiger charge is -2.34. The predicted octanol–water partition coefficient (Wildman–Crippen LogP) is 3.63. The van der Waals surface area contributed by atoms with E-state index in [1.807, 2.05) is 0 Å². The molecule has 1 aliphatic heterocycles. The van der Waals surface area contributed by atoms with Crippen molar-refractivity contribution in [2.45, 2.75) is 11.8 Å². The van der Waals surface area contributed by atoms with Gasteiger partial charge in [0.05, 0.1) is 9.77 Å². The molecule has 1 amide bonds. The number of benzene rings is 2. The van der Waals surface area contributed by atoms with Gasteiger partial charge in [0.25, 0.3) is 5.91 Å². The molecule has 152 valence electrons. The average molecular weight is 437 g/mol. The second-order valence-electron chi connectivity index (χ2n) is 6.82. The van der Waals surface area contributed by atoms with Crippen LogP contribution in [0.5, 0.6) is 0 Å². The second-order valence-corrected chi connectivity index (χ2v) is 9.81. The van der Waals surface area contributed by atoms with Crippen molar-refractivity contribution < 1.29 is 22.0 Å².